The molecule has 2 heterocycles. The molecule has 1 amide bonds. The Morgan fingerprint density at radius 2 is 1.69 bits per heavy atom. The fourth-order valence-electron chi connectivity index (χ4n) is 5.21. The summed E-state index contributed by atoms with van der Waals surface area (Å²) in [6, 6.07) is 24.0. The second kappa shape index (κ2) is 16.3. The van der Waals surface area contributed by atoms with Crippen molar-refractivity contribution in [2.45, 2.75) is 75.3 Å². The Labute approximate surface area is 266 Å². The molecule has 10 nitrogen and oxygen atoms in total. The van der Waals surface area contributed by atoms with Crippen LogP contribution in [0.3, 0.4) is 0 Å². The van der Waals surface area contributed by atoms with Gasteiger partial charge >= 0.3 is 5.97 Å². The van der Waals surface area contributed by atoms with E-state index >= 15 is 0 Å². The van der Waals surface area contributed by atoms with E-state index in [1.54, 1.807) is 11.8 Å². The molecule has 0 spiro atoms. The number of nitrogens with zero attached hydrogens (tertiary/aromatic N) is 2. The van der Waals surface area contributed by atoms with Gasteiger partial charge in [-0.2, -0.15) is 5.10 Å². The summed E-state index contributed by atoms with van der Waals surface area (Å²) in [4.78, 5) is 27.2. The predicted molar refractivity (Wildman–Crippen MR) is 170 cm³/mol. The summed E-state index contributed by atoms with van der Waals surface area (Å²) in [6.07, 6.45) is 3.78. The van der Waals surface area contributed by atoms with Crippen molar-refractivity contribution < 1.29 is 29.3 Å². The molecule has 1 aliphatic heterocycles. The zero-order valence-corrected chi connectivity index (χ0v) is 25.7. The van der Waals surface area contributed by atoms with Crippen molar-refractivity contribution in [2.75, 3.05) is 5.75 Å². The zero-order valence-electron chi connectivity index (χ0n) is 24.9. The van der Waals surface area contributed by atoms with Gasteiger partial charge in [-0.25, -0.2) is 4.98 Å². The quantitative estimate of drug-likeness (QED) is 0.0924. The molecule has 4 N–H and O–H groups in total. The minimum absolute atomic E-state index is 0.00939. The Morgan fingerprint density at radius 1 is 0.911 bits per heavy atom. The predicted octanol–water partition coefficient (Wildman–Crippen LogP) is 5.95. The fourth-order valence-corrected chi connectivity index (χ4v) is 6.01. The fraction of sp³-hybridized carbons (Fsp3) is 0.353. The summed E-state index contributed by atoms with van der Waals surface area (Å²) in [5.41, 5.74) is 5.79. The van der Waals surface area contributed by atoms with Crippen molar-refractivity contribution in [1.29, 1.82) is 0 Å². The van der Waals surface area contributed by atoms with Crippen LogP contribution in [-0.4, -0.2) is 49.1 Å². The monoisotopic (exact) mass is 630 g/mol. The van der Waals surface area contributed by atoms with Gasteiger partial charge in [0.1, 0.15) is 6.33 Å². The minimum Gasteiger partial charge on any atom is -0.481 e. The van der Waals surface area contributed by atoms with Crippen LogP contribution in [0.1, 0.15) is 73.2 Å². The highest BCUT2D eigenvalue weighted by atomic mass is 32.2. The number of unbranched alkanes of at least 4 members (excludes halogenated alkanes) is 2. The van der Waals surface area contributed by atoms with Gasteiger partial charge in [0.25, 0.3) is 0 Å². The number of aliphatic hydroxyl groups excluding tert-OH is 1. The molecule has 4 aromatic rings. The SMILES string of the molecule is O=C(O)CCCCCC(=O)NCc1cccc(-c2cccc(C3OC(CSc4ncn[nH]4)CC(c4ccc(CO)cc4)O3)c2)c1. The van der Waals surface area contributed by atoms with Gasteiger partial charge in [0, 0.05) is 37.1 Å². The number of carbonyl (C=O) groups excluding carboxylic acids is 1. The summed E-state index contributed by atoms with van der Waals surface area (Å²) < 4.78 is 13.0. The summed E-state index contributed by atoms with van der Waals surface area (Å²) >= 11 is 1.56. The molecule has 3 atom stereocenters. The van der Waals surface area contributed by atoms with E-state index < -0.39 is 12.3 Å². The Hall–Kier alpha value is -4.03. The van der Waals surface area contributed by atoms with Crippen molar-refractivity contribution in [3.05, 3.63) is 101 Å². The lowest BCUT2D eigenvalue weighted by Gasteiger charge is -2.36. The molecule has 236 valence electrons. The second-order valence-corrected chi connectivity index (χ2v) is 12.0. The van der Waals surface area contributed by atoms with E-state index in [2.05, 4.69) is 32.6 Å². The first kappa shape index (κ1) is 32.4. The Balaban J connectivity index is 1.25. The number of aromatic amines is 1. The number of carboxylic acid groups (broad SMARTS) is 1. The van der Waals surface area contributed by atoms with Crippen molar-refractivity contribution in [3.63, 3.8) is 0 Å². The van der Waals surface area contributed by atoms with Gasteiger partial charge in [-0.05, 0) is 52.8 Å². The molecule has 45 heavy (non-hydrogen) atoms. The molecule has 0 bridgehead atoms. The highest BCUT2D eigenvalue weighted by Crippen LogP contribution is 2.40. The third kappa shape index (κ3) is 9.73. The number of carboxylic acids is 1. The number of rotatable bonds is 15. The van der Waals surface area contributed by atoms with Crippen molar-refractivity contribution in [2.24, 2.45) is 0 Å². The number of ether oxygens (including phenoxy) is 2. The minimum atomic E-state index is -0.805. The number of nitrogens with one attached hydrogen (secondary N) is 2. The van der Waals surface area contributed by atoms with Crippen LogP contribution in [0.2, 0.25) is 0 Å². The van der Waals surface area contributed by atoms with Crippen LogP contribution in [0.25, 0.3) is 11.1 Å². The summed E-state index contributed by atoms with van der Waals surface area (Å²) in [5, 5.41) is 28.8. The smallest absolute Gasteiger partial charge is 0.303 e. The number of hydrogen-bond donors (Lipinski definition) is 4. The van der Waals surface area contributed by atoms with Gasteiger partial charge in [-0.3, -0.25) is 14.7 Å². The molecular formula is C34H38N4O6S. The van der Waals surface area contributed by atoms with Gasteiger partial charge in [0.15, 0.2) is 11.4 Å². The molecule has 3 aromatic carbocycles. The highest BCUT2D eigenvalue weighted by Gasteiger charge is 2.32. The lowest BCUT2D eigenvalue weighted by atomic mass is 9.99. The van der Waals surface area contributed by atoms with E-state index in [1.807, 2.05) is 60.7 Å². The van der Waals surface area contributed by atoms with E-state index in [-0.39, 0.29) is 31.1 Å². The van der Waals surface area contributed by atoms with E-state index in [0.29, 0.717) is 38.0 Å². The van der Waals surface area contributed by atoms with Crippen molar-refractivity contribution >= 4 is 23.6 Å². The molecule has 5 rings (SSSR count). The topological polar surface area (TPSA) is 147 Å². The molecule has 1 aliphatic rings. The van der Waals surface area contributed by atoms with Crippen LogP contribution in [0, 0.1) is 0 Å². The number of carbonyl (C=O) groups is 2. The van der Waals surface area contributed by atoms with Gasteiger partial charge in [0.05, 0.1) is 18.8 Å². The average molecular weight is 631 g/mol. The number of thioether (sulfide) groups is 1. The summed E-state index contributed by atoms with van der Waals surface area (Å²) in [6.45, 7) is 0.405. The van der Waals surface area contributed by atoms with Crippen molar-refractivity contribution in [3.8, 4) is 11.1 Å². The summed E-state index contributed by atoms with van der Waals surface area (Å²) in [7, 11) is 0. The normalized spacial score (nSPS) is 18.0. The first-order valence-electron chi connectivity index (χ1n) is 15.1. The van der Waals surface area contributed by atoms with Crippen LogP contribution >= 0.6 is 11.8 Å². The molecule has 3 unspecified atom stereocenters. The zero-order chi connectivity index (χ0) is 31.4. The lowest BCUT2D eigenvalue weighted by Crippen LogP contribution is -2.31. The van der Waals surface area contributed by atoms with Gasteiger partial charge in [-0.15, -0.1) is 0 Å². The summed E-state index contributed by atoms with van der Waals surface area (Å²) in [5.74, 6) is -0.169. The number of amides is 1. The third-order valence-electron chi connectivity index (χ3n) is 7.62. The number of aromatic nitrogens is 3. The highest BCUT2D eigenvalue weighted by molar-refractivity contribution is 7.99. The average Bonchev–Trinajstić information content (AvgIpc) is 3.60. The van der Waals surface area contributed by atoms with Crippen LogP contribution < -0.4 is 5.32 Å². The molecule has 1 aromatic heterocycles. The third-order valence-corrected chi connectivity index (χ3v) is 8.63. The maximum Gasteiger partial charge on any atom is 0.303 e. The number of benzene rings is 3. The molecule has 0 saturated carbocycles. The largest absolute Gasteiger partial charge is 0.481 e. The van der Waals surface area contributed by atoms with Crippen LogP contribution in [0.5, 0.6) is 0 Å². The number of H-pyrrole nitrogens is 1. The van der Waals surface area contributed by atoms with Crippen LogP contribution in [0.15, 0.2) is 84.3 Å². The first-order valence-corrected chi connectivity index (χ1v) is 16.1. The van der Waals surface area contributed by atoms with Gasteiger partial charge < -0.3 is 25.0 Å². The van der Waals surface area contributed by atoms with E-state index in [1.165, 1.54) is 6.33 Å². The van der Waals surface area contributed by atoms with Crippen molar-refractivity contribution in [1.82, 2.24) is 20.5 Å². The molecule has 11 heteroatoms. The Morgan fingerprint density at radius 3 is 2.44 bits per heavy atom. The van der Waals surface area contributed by atoms with E-state index in [0.717, 1.165) is 45.0 Å². The molecular weight excluding hydrogens is 592 g/mol. The molecule has 0 aliphatic carbocycles. The Bertz CT molecular complexity index is 1530. The van der Waals surface area contributed by atoms with E-state index in [4.69, 9.17) is 14.6 Å². The number of aliphatic hydroxyl groups is 1. The second-order valence-electron chi connectivity index (χ2n) is 11.0. The van der Waals surface area contributed by atoms with Crippen LogP contribution in [-0.2, 0) is 32.2 Å². The van der Waals surface area contributed by atoms with Gasteiger partial charge in [-0.1, -0.05) is 78.8 Å². The maximum atomic E-state index is 12.3. The standard InChI is InChI=1S/C34H38N4O6S/c39-20-23-12-14-25(15-13-23)30-18-29(21-45-34-36-22-37-38-34)43-33(44-30)28-9-5-8-27(17-28)26-7-4-6-24(16-26)19-35-31(40)10-2-1-3-11-32(41)42/h4-9,12-17,22,29-30,33,39H,1-3,10-11,18-21H2,(H,35,40)(H,41,42)(H,36,37,38). The Kier molecular flexibility index (Phi) is 11.7. The number of aliphatic carboxylic acids is 1. The first-order chi connectivity index (χ1) is 22.0. The number of hydrogen-bond acceptors (Lipinski definition) is 8. The van der Waals surface area contributed by atoms with E-state index in [9.17, 15) is 14.7 Å². The molecule has 1 fully saturated rings. The molecule has 0 radical (unpaired) electrons. The molecule has 1 saturated heterocycles. The lowest BCUT2D eigenvalue weighted by molar-refractivity contribution is -0.245. The van der Waals surface area contributed by atoms with Gasteiger partial charge in [0.2, 0.25) is 5.91 Å². The van der Waals surface area contributed by atoms with Crippen LogP contribution in [0.4, 0.5) is 0 Å². The maximum absolute atomic E-state index is 12.3.